The molecule has 0 radical (unpaired) electrons. The molecule has 0 saturated heterocycles. The minimum Gasteiger partial charge on any atom is -0.369 e. The monoisotopic (exact) mass is 110 g/mol. The first-order valence-corrected chi connectivity index (χ1v) is 2.83. The van der Waals surface area contributed by atoms with E-state index in [1.165, 1.54) is 6.26 Å². The van der Waals surface area contributed by atoms with Crippen LogP contribution in [-0.4, -0.2) is 22.4 Å². The summed E-state index contributed by atoms with van der Waals surface area (Å²) in [6, 6.07) is 0. The second-order valence-electron chi connectivity index (χ2n) is 0.648. The van der Waals surface area contributed by atoms with E-state index < -0.39 is 17.9 Å². The fourth-order valence-electron chi connectivity index (χ4n) is 0.0742. The zero-order valence-corrected chi connectivity index (χ0v) is 4.20. The molecule has 0 aliphatic heterocycles. The standard InChI is InChI=1S/C2H6O3S/c1-6(4)5-2-3/h3H,2H2,1H3. The molecule has 0 heterocycles. The first kappa shape index (κ1) is 6.07. The second-order valence-corrected chi connectivity index (χ2v) is 1.69. The quantitative estimate of drug-likeness (QED) is 0.475. The number of aliphatic hydroxyl groups excluding tert-OH is 1. The third-order valence-corrected chi connectivity index (χ3v) is 0.656. The second kappa shape index (κ2) is 3.27. The molecule has 0 bridgehead atoms. The predicted molar refractivity (Wildman–Crippen MR) is 22.2 cm³/mol. The van der Waals surface area contributed by atoms with Gasteiger partial charge in [0.15, 0.2) is 17.9 Å². The van der Waals surface area contributed by atoms with E-state index >= 15 is 0 Å². The van der Waals surface area contributed by atoms with Gasteiger partial charge >= 0.3 is 0 Å². The van der Waals surface area contributed by atoms with Crippen LogP contribution >= 0.6 is 0 Å². The highest BCUT2D eigenvalue weighted by molar-refractivity contribution is 7.79. The van der Waals surface area contributed by atoms with Gasteiger partial charge in [0.2, 0.25) is 0 Å². The van der Waals surface area contributed by atoms with Gasteiger partial charge in [-0.3, -0.25) is 4.18 Å². The molecule has 0 amide bonds. The fraction of sp³-hybridized carbons (Fsp3) is 1.00. The molecule has 0 saturated carbocycles. The Morgan fingerprint density at radius 2 is 2.50 bits per heavy atom. The molecule has 0 rings (SSSR count). The van der Waals surface area contributed by atoms with E-state index in [-0.39, 0.29) is 0 Å². The minimum atomic E-state index is -1.32. The molecule has 0 fully saturated rings. The average Bonchev–Trinajstić information content (AvgIpc) is 1.35. The van der Waals surface area contributed by atoms with E-state index in [1.54, 1.807) is 0 Å². The van der Waals surface area contributed by atoms with Crippen molar-refractivity contribution in [1.29, 1.82) is 0 Å². The summed E-state index contributed by atoms with van der Waals surface area (Å²) in [5, 5.41) is 7.82. The molecule has 6 heavy (non-hydrogen) atoms. The van der Waals surface area contributed by atoms with Crippen LogP contribution in [0.5, 0.6) is 0 Å². The van der Waals surface area contributed by atoms with Crippen molar-refractivity contribution in [2.75, 3.05) is 13.0 Å². The molecule has 4 heteroatoms. The van der Waals surface area contributed by atoms with Gasteiger partial charge in [0.25, 0.3) is 0 Å². The van der Waals surface area contributed by atoms with Gasteiger partial charge in [0.05, 0.1) is 0 Å². The Morgan fingerprint density at radius 3 is 2.50 bits per heavy atom. The Balaban J connectivity index is 2.83. The Kier molecular flexibility index (Phi) is 3.31. The molecule has 0 aromatic rings. The summed E-state index contributed by atoms with van der Waals surface area (Å²) < 4.78 is 13.8. The predicted octanol–water partition coefficient (Wildman–Crippen LogP) is -0.754. The van der Waals surface area contributed by atoms with Gasteiger partial charge in [-0.05, 0) is 0 Å². The summed E-state index contributed by atoms with van der Waals surface area (Å²) in [6.07, 6.45) is 1.34. The number of hydrogen-bond acceptors (Lipinski definition) is 3. The van der Waals surface area contributed by atoms with Crippen LogP contribution in [0.2, 0.25) is 0 Å². The topological polar surface area (TPSA) is 46.5 Å². The van der Waals surface area contributed by atoms with Gasteiger partial charge in [-0.1, -0.05) is 0 Å². The van der Waals surface area contributed by atoms with E-state index in [2.05, 4.69) is 4.18 Å². The third kappa shape index (κ3) is 4.07. The summed E-state index contributed by atoms with van der Waals surface area (Å²) >= 11 is -1.32. The lowest BCUT2D eigenvalue weighted by atomic mass is 11.6. The Hall–Kier alpha value is 0.0700. The molecular formula is C2H6O3S. The lowest BCUT2D eigenvalue weighted by Gasteiger charge is -1.86. The van der Waals surface area contributed by atoms with Gasteiger partial charge in [-0.25, -0.2) is 4.21 Å². The Morgan fingerprint density at radius 1 is 2.00 bits per heavy atom. The van der Waals surface area contributed by atoms with Crippen LogP contribution in [0, 0.1) is 0 Å². The van der Waals surface area contributed by atoms with Crippen LogP contribution in [0.25, 0.3) is 0 Å². The first-order valence-electron chi connectivity index (χ1n) is 1.35. The van der Waals surface area contributed by atoms with Crippen molar-refractivity contribution in [3.05, 3.63) is 0 Å². The lowest BCUT2D eigenvalue weighted by molar-refractivity contribution is 0.113. The van der Waals surface area contributed by atoms with E-state index in [0.29, 0.717) is 0 Å². The molecule has 0 aromatic carbocycles. The zero-order chi connectivity index (χ0) is 4.99. The molecule has 0 spiro atoms. The molecule has 1 unspecified atom stereocenters. The lowest BCUT2D eigenvalue weighted by Crippen LogP contribution is -1.93. The van der Waals surface area contributed by atoms with Gasteiger partial charge in [0.1, 0.15) is 0 Å². The first-order chi connectivity index (χ1) is 2.77. The van der Waals surface area contributed by atoms with Gasteiger partial charge in [-0.15, -0.1) is 0 Å². The third-order valence-electron chi connectivity index (χ3n) is 0.219. The van der Waals surface area contributed by atoms with Crippen molar-refractivity contribution < 1.29 is 13.5 Å². The molecular weight excluding hydrogens is 104 g/mol. The Labute approximate surface area is 38.6 Å². The van der Waals surface area contributed by atoms with Crippen LogP contribution < -0.4 is 0 Å². The highest BCUT2D eigenvalue weighted by Crippen LogP contribution is 1.71. The summed E-state index contributed by atoms with van der Waals surface area (Å²) in [4.78, 5) is 0. The van der Waals surface area contributed by atoms with E-state index in [9.17, 15) is 4.21 Å². The van der Waals surface area contributed by atoms with Crippen molar-refractivity contribution >= 4 is 11.1 Å². The SMILES string of the molecule is CS(=O)OCO. The molecule has 1 N–H and O–H groups in total. The van der Waals surface area contributed by atoms with Gasteiger partial charge < -0.3 is 5.11 Å². The summed E-state index contributed by atoms with van der Waals surface area (Å²) in [5.74, 6) is 0. The van der Waals surface area contributed by atoms with Crippen LogP contribution in [-0.2, 0) is 15.3 Å². The maximum Gasteiger partial charge on any atom is 0.159 e. The summed E-state index contributed by atoms with van der Waals surface area (Å²) in [7, 11) is 0. The molecule has 0 aromatic heterocycles. The fourth-order valence-corrected chi connectivity index (χ4v) is 0.223. The van der Waals surface area contributed by atoms with Crippen molar-refractivity contribution in [2.24, 2.45) is 0 Å². The number of aliphatic hydroxyl groups is 1. The maximum absolute atomic E-state index is 9.77. The highest BCUT2D eigenvalue weighted by Gasteiger charge is 1.80. The van der Waals surface area contributed by atoms with Crippen LogP contribution in [0.15, 0.2) is 0 Å². The smallest absolute Gasteiger partial charge is 0.159 e. The van der Waals surface area contributed by atoms with E-state index in [0.717, 1.165) is 0 Å². The van der Waals surface area contributed by atoms with Crippen LogP contribution in [0.1, 0.15) is 0 Å². The zero-order valence-electron chi connectivity index (χ0n) is 3.38. The van der Waals surface area contributed by atoms with Crippen molar-refractivity contribution in [1.82, 2.24) is 0 Å². The number of hydrogen-bond donors (Lipinski definition) is 1. The Bertz CT molecular complexity index is 52.8. The summed E-state index contributed by atoms with van der Waals surface area (Å²) in [6.45, 7) is -0.469. The maximum atomic E-state index is 9.77. The van der Waals surface area contributed by atoms with Gasteiger partial charge in [0, 0.05) is 6.26 Å². The normalized spacial score (nSPS) is 14.3. The highest BCUT2D eigenvalue weighted by atomic mass is 32.2. The average molecular weight is 110 g/mol. The molecule has 0 aliphatic rings. The minimum absolute atomic E-state index is 0.469. The molecule has 38 valence electrons. The molecule has 1 atom stereocenters. The largest absolute Gasteiger partial charge is 0.369 e. The van der Waals surface area contributed by atoms with E-state index in [1.807, 2.05) is 0 Å². The van der Waals surface area contributed by atoms with Crippen LogP contribution in [0.4, 0.5) is 0 Å². The van der Waals surface area contributed by atoms with Crippen LogP contribution in [0.3, 0.4) is 0 Å². The molecule has 3 nitrogen and oxygen atoms in total. The van der Waals surface area contributed by atoms with Gasteiger partial charge in [-0.2, -0.15) is 0 Å². The van der Waals surface area contributed by atoms with Crippen molar-refractivity contribution in [3.63, 3.8) is 0 Å². The van der Waals surface area contributed by atoms with Crippen molar-refractivity contribution in [2.45, 2.75) is 0 Å². The molecule has 0 aliphatic carbocycles. The summed E-state index contributed by atoms with van der Waals surface area (Å²) in [5.41, 5.74) is 0. The number of rotatable bonds is 2. The van der Waals surface area contributed by atoms with E-state index in [4.69, 9.17) is 5.11 Å². The van der Waals surface area contributed by atoms with Crippen molar-refractivity contribution in [3.8, 4) is 0 Å².